The Morgan fingerprint density at radius 3 is 2.07 bits per heavy atom. The molecule has 0 saturated carbocycles. The van der Waals surface area contributed by atoms with Crippen LogP contribution in [0.4, 0.5) is 0 Å². The summed E-state index contributed by atoms with van der Waals surface area (Å²) >= 11 is 0. The topological polar surface area (TPSA) is 135 Å². The SMILES string of the molecule is O=C=C(O)[C@@H](O)[C@@H](O)[C@H](O)C(=O)CO. The second-order valence-corrected chi connectivity index (χ2v) is 2.49. The third-order valence-electron chi connectivity index (χ3n) is 1.52. The van der Waals surface area contributed by atoms with Crippen LogP contribution in [-0.2, 0) is 9.59 Å². The van der Waals surface area contributed by atoms with Crippen molar-refractivity contribution in [3.8, 4) is 0 Å². The van der Waals surface area contributed by atoms with Crippen molar-refractivity contribution in [2.45, 2.75) is 18.3 Å². The first kappa shape index (κ1) is 12.8. The van der Waals surface area contributed by atoms with Crippen LogP contribution < -0.4 is 0 Å². The van der Waals surface area contributed by atoms with E-state index >= 15 is 0 Å². The van der Waals surface area contributed by atoms with Crippen molar-refractivity contribution in [2.24, 2.45) is 0 Å². The second-order valence-electron chi connectivity index (χ2n) is 2.49. The summed E-state index contributed by atoms with van der Waals surface area (Å²) < 4.78 is 0. The number of Topliss-reactive ketones (excluding diaryl/α,β-unsaturated/α-hetero) is 1. The fourth-order valence-corrected chi connectivity index (χ4v) is 0.679. The molecule has 0 aromatic carbocycles. The van der Waals surface area contributed by atoms with Gasteiger partial charge in [0.25, 0.3) is 0 Å². The van der Waals surface area contributed by atoms with Crippen molar-refractivity contribution in [3.63, 3.8) is 0 Å². The maximum absolute atomic E-state index is 10.6. The smallest absolute Gasteiger partial charge is 0.208 e. The summed E-state index contributed by atoms with van der Waals surface area (Å²) in [7, 11) is 0. The summed E-state index contributed by atoms with van der Waals surface area (Å²) in [5, 5.41) is 43.7. The van der Waals surface area contributed by atoms with Crippen molar-refractivity contribution in [3.05, 3.63) is 5.76 Å². The average Bonchev–Trinajstić information content (AvgIpc) is 2.23. The zero-order valence-corrected chi connectivity index (χ0v) is 6.99. The number of carbonyl (C=O) groups is 1. The van der Waals surface area contributed by atoms with Crippen LogP contribution in [0.15, 0.2) is 5.76 Å². The Hall–Kier alpha value is -1.24. The highest BCUT2D eigenvalue weighted by Crippen LogP contribution is 2.06. The molecule has 5 N–H and O–H groups in total. The normalized spacial score (nSPS) is 16.6. The van der Waals surface area contributed by atoms with E-state index in [1.165, 1.54) is 0 Å². The molecule has 80 valence electrons. The molecule has 0 saturated heterocycles. The highest BCUT2D eigenvalue weighted by molar-refractivity contribution is 5.84. The minimum absolute atomic E-state index is 0.885. The van der Waals surface area contributed by atoms with Crippen LogP contribution in [0, 0.1) is 0 Å². The van der Waals surface area contributed by atoms with Crippen LogP contribution >= 0.6 is 0 Å². The molecule has 0 aromatic rings. The molecule has 7 heteroatoms. The quantitative estimate of drug-likeness (QED) is 0.237. The molecule has 0 spiro atoms. The van der Waals surface area contributed by atoms with E-state index < -0.39 is 36.5 Å². The number of carbonyl (C=O) groups excluding carboxylic acids is 2. The van der Waals surface area contributed by atoms with Gasteiger partial charge in [-0.3, -0.25) is 4.79 Å². The highest BCUT2D eigenvalue weighted by Gasteiger charge is 2.32. The average molecular weight is 206 g/mol. The van der Waals surface area contributed by atoms with E-state index in [4.69, 9.17) is 25.5 Å². The zero-order valence-electron chi connectivity index (χ0n) is 6.99. The zero-order chi connectivity index (χ0) is 11.3. The van der Waals surface area contributed by atoms with Gasteiger partial charge in [0.1, 0.15) is 18.8 Å². The fraction of sp³-hybridized carbons (Fsp3) is 0.571. The molecule has 0 amide bonds. The van der Waals surface area contributed by atoms with E-state index in [1.807, 2.05) is 0 Å². The summed E-state index contributed by atoms with van der Waals surface area (Å²) in [6.45, 7) is -1.03. The van der Waals surface area contributed by atoms with Crippen molar-refractivity contribution < 1.29 is 35.1 Å². The molecule has 0 fully saturated rings. The maximum atomic E-state index is 10.6. The van der Waals surface area contributed by atoms with E-state index in [0.717, 1.165) is 5.94 Å². The lowest BCUT2D eigenvalue weighted by Crippen LogP contribution is -2.44. The summed E-state index contributed by atoms with van der Waals surface area (Å²) in [4.78, 5) is 20.4. The van der Waals surface area contributed by atoms with Gasteiger partial charge >= 0.3 is 0 Å². The van der Waals surface area contributed by atoms with E-state index in [0.29, 0.717) is 0 Å². The third kappa shape index (κ3) is 2.91. The standard InChI is InChI=1S/C7H10O7/c8-1-3(10)5(12)7(14)6(13)4(11)2-9/h5-8,11-14H,1H2/t5-,6-,7+/m1/s1. The number of aliphatic hydroxyl groups is 5. The molecule has 0 aromatic heterocycles. The summed E-state index contributed by atoms with van der Waals surface area (Å²) in [5.41, 5.74) is 0. The van der Waals surface area contributed by atoms with Gasteiger partial charge in [0.2, 0.25) is 5.76 Å². The van der Waals surface area contributed by atoms with Gasteiger partial charge in [-0.1, -0.05) is 0 Å². The highest BCUT2D eigenvalue weighted by atomic mass is 16.4. The lowest BCUT2D eigenvalue weighted by molar-refractivity contribution is -0.140. The Morgan fingerprint density at radius 2 is 1.71 bits per heavy atom. The van der Waals surface area contributed by atoms with E-state index in [-0.39, 0.29) is 0 Å². The molecule has 3 atom stereocenters. The number of hydrogen-bond donors (Lipinski definition) is 5. The molecular weight excluding hydrogens is 196 g/mol. The molecular formula is C7H10O7. The lowest BCUT2D eigenvalue weighted by Gasteiger charge is -2.19. The van der Waals surface area contributed by atoms with Gasteiger partial charge < -0.3 is 25.5 Å². The second kappa shape index (κ2) is 5.48. The molecule has 7 nitrogen and oxygen atoms in total. The van der Waals surface area contributed by atoms with E-state index in [1.54, 1.807) is 0 Å². The van der Waals surface area contributed by atoms with Gasteiger partial charge in [0, 0.05) is 0 Å². The van der Waals surface area contributed by atoms with Crippen molar-refractivity contribution in [1.82, 2.24) is 0 Å². The molecule has 0 aliphatic carbocycles. The summed E-state index contributed by atoms with van der Waals surface area (Å²) in [6, 6.07) is 0. The predicted molar refractivity (Wildman–Crippen MR) is 41.9 cm³/mol. The molecule has 0 radical (unpaired) electrons. The minimum atomic E-state index is -2.11. The van der Waals surface area contributed by atoms with Gasteiger partial charge in [-0.05, 0) is 0 Å². The molecule has 0 heterocycles. The third-order valence-corrected chi connectivity index (χ3v) is 1.52. The van der Waals surface area contributed by atoms with Gasteiger partial charge in [0.15, 0.2) is 17.8 Å². The molecule has 0 aliphatic rings. The Morgan fingerprint density at radius 1 is 1.21 bits per heavy atom. The predicted octanol–water partition coefficient (Wildman–Crippen LogP) is -3.10. The van der Waals surface area contributed by atoms with Crippen LogP contribution in [0.5, 0.6) is 0 Å². The van der Waals surface area contributed by atoms with Gasteiger partial charge in [-0.25, -0.2) is 4.79 Å². The van der Waals surface area contributed by atoms with Crippen LogP contribution in [0.1, 0.15) is 0 Å². The molecule has 0 aliphatic heterocycles. The lowest BCUT2D eigenvalue weighted by atomic mass is 10.0. The number of rotatable bonds is 5. The van der Waals surface area contributed by atoms with Gasteiger partial charge in [-0.15, -0.1) is 0 Å². The molecule has 0 bridgehead atoms. The largest absolute Gasteiger partial charge is 0.500 e. The first-order valence-electron chi connectivity index (χ1n) is 3.57. The van der Waals surface area contributed by atoms with Crippen molar-refractivity contribution >= 4 is 11.7 Å². The van der Waals surface area contributed by atoms with Crippen molar-refractivity contribution in [2.75, 3.05) is 6.61 Å². The Bertz CT molecular complexity index is 255. The van der Waals surface area contributed by atoms with Crippen LogP contribution in [0.25, 0.3) is 0 Å². The first-order valence-corrected chi connectivity index (χ1v) is 3.57. The monoisotopic (exact) mass is 206 g/mol. The van der Waals surface area contributed by atoms with E-state index in [2.05, 4.69) is 0 Å². The van der Waals surface area contributed by atoms with Gasteiger partial charge in [-0.2, -0.15) is 0 Å². The number of hydrogen-bond acceptors (Lipinski definition) is 7. The molecule has 0 rings (SSSR count). The van der Waals surface area contributed by atoms with Crippen LogP contribution in [-0.4, -0.2) is 62.2 Å². The molecule has 0 unspecified atom stereocenters. The van der Waals surface area contributed by atoms with Gasteiger partial charge in [0.05, 0.1) is 0 Å². The Kier molecular flexibility index (Phi) is 5.00. The Labute approximate surface area is 78.5 Å². The van der Waals surface area contributed by atoms with E-state index in [9.17, 15) is 9.59 Å². The fourth-order valence-electron chi connectivity index (χ4n) is 0.679. The Balaban J connectivity index is 4.53. The summed E-state index contributed by atoms with van der Waals surface area (Å²) in [6.07, 6.45) is -6.28. The van der Waals surface area contributed by atoms with Crippen LogP contribution in [0.2, 0.25) is 0 Å². The van der Waals surface area contributed by atoms with Crippen LogP contribution in [0.3, 0.4) is 0 Å². The molecule has 14 heavy (non-hydrogen) atoms. The number of aliphatic hydroxyl groups excluding tert-OH is 5. The van der Waals surface area contributed by atoms with Crippen molar-refractivity contribution in [1.29, 1.82) is 0 Å². The summed E-state index contributed by atoms with van der Waals surface area (Å²) in [5.74, 6) is -1.49. The first-order chi connectivity index (χ1) is 6.45. The minimum Gasteiger partial charge on any atom is -0.500 e. The maximum Gasteiger partial charge on any atom is 0.208 e. The number of ketones is 1.